The van der Waals surface area contributed by atoms with E-state index in [-0.39, 0.29) is 18.1 Å². The Hall–Kier alpha value is -3.42. The van der Waals surface area contributed by atoms with Crippen molar-refractivity contribution in [3.8, 4) is 0 Å². The minimum Gasteiger partial charge on any atom is -0.476 e. The Kier molecular flexibility index (Phi) is 4.92. The zero-order valence-electron chi connectivity index (χ0n) is 15.3. The number of nitrogens with one attached hydrogen (secondary N) is 1. The highest BCUT2D eigenvalue weighted by atomic mass is 16.4. The van der Waals surface area contributed by atoms with Crippen LogP contribution in [0.3, 0.4) is 0 Å². The minimum absolute atomic E-state index is 0.0420. The van der Waals surface area contributed by atoms with Crippen molar-refractivity contribution in [3.05, 3.63) is 71.1 Å². The zero-order valence-corrected chi connectivity index (χ0v) is 15.3. The third-order valence-electron chi connectivity index (χ3n) is 5.01. The first-order valence-electron chi connectivity index (χ1n) is 9.27. The Morgan fingerprint density at radius 3 is 2.86 bits per heavy atom. The van der Waals surface area contributed by atoms with Gasteiger partial charge in [0.05, 0.1) is 6.54 Å². The number of aromatic carboxylic acids is 1. The average molecular weight is 379 g/mol. The molecule has 144 valence electrons. The molecule has 0 saturated carbocycles. The molecule has 0 aromatic carbocycles. The molecule has 4 heterocycles. The lowest BCUT2D eigenvalue weighted by atomic mass is 10.0. The first-order valence-corrected chi connectivity index (χ1v) is 9.27. The number of aryl methyl sites for hydroxylation is 2. The maximum atomic E-state index is 12.6. The molecule has 8 nitrogen and oxygen atoms in total. The number of carboxylic acid groups (broad SMARTS) is 1. The van der Waals surface area contributed by atoms with Crippen LogP contribution in [0, 0.1) is 0 Å². The van der Waals surface area contributed by atoms with E-state index in [0.29, 0.717) is 30.8 Å². The molecular weight excluding hydrogens is 358 g/mol. The molecule has 1 aliphatic rings. The molecule has 0 saturated heterocycles. The van der Waals surface area contributed by atoms with Crippen LogP contribution in [0.1, 0.15) is 44.2 Å². The van der Waals surface area contributed by atoms with E-state index in [9.17, 15) is 14.7 Å². The van der Waals surface area contributed by atoms with Gasteiger partial charge in [0.1, 0.15) is 5.69 Å². The average Bonchev–Trinajstić information content (AvgIpc) is 3.36. The highest BCUT2D eigenvalue weighted by Gasteiger charge is 2.30. The first-order chi connectivity index (χ1) is 13.6. The Morgan fingerprint density at radius 2 is 2.14 bits per heavy atom. The monoisotopic (exact) mass is 379 g/mol. The predicted octanol–water partition coefficient (Wildman–Crippen LogP) is 2.14. The summed E-state index contributed by atoms with van der Waals surface area (Å²) in [5.74, 6) is -1.19. The van der Waals surface area contributed by atoms with Gasteiger partial charge in [-0.1, -0.05) is 6.07 Å². The smallest absolute Gasteiger partial charge is 0.356 e. The van der Waals surface area contributed by atoms with E-state index in [1.807, 2.05) is 18.3 Å². The van der Waals surface area contributed by atoms with Crippen LogP contribution in [0.4, 0.5) is 0 Å². The van der Waals surface area contributed by atoms with E-state index in [1.54, 1.807) is 34.1 Å². The second kappa shape index (κ2) is 7.67. The summed E-state index contributed by atoms with van der Waals surface area (Å²) in [6.07, 6.45) is 7.56. The van der Waals surface area contributed by atoms with Crippen molar-refractivity contribution in [2.75, 3.05) is 6.54 Å². The topological polar surface area (TPSA) is 104 Å². The number of aromatic nitrogens is 4. The van der Waals surface area contributed by atoms with Crippen LogP contribution in [0.25, 0.3) is 0 Å². The van der Waals surface area contributed by atoms with Gasteiger partial charge in [-0.05, 0) is 36.6 Å². The third kappa shape index (κ3) is 3.53. The van der Waals surface area contributed by atoms with Crippen LogP contribution in [0.2, 0.25) is 0 Å². The second-order valence-electron chi connectivity index (χ2n) is 6.83. The fourth-order valence-corrected chi connectivity index (χ4v) is 3.63. The number of carboxylic acids is 1. The number of fused-ring (bicyclic) bond motifs is 1. The number of hydrogen-bond acceptors (Lipinski definition) is 4. The maximum Gasteiger partial charge on any atom is 0.356 e. The molecule has 8 heteroatoms. The number of hydrogen-bond donors (Lipinski definition) is 2. The third-order valence-corrected chi connectivity index (χ3v) is 5.01. The molecule has 0 radical (unpaired) electrons. The first kappa shape index (κ1) is 18.0. The molecule has 0 aliphatic carbocycles. The van der Waals surface area contributed by atoms with E-state index in [2.05, 4.69) is 15.1 Å². The SMILES string of the molecule is O=C(O)c1nn(CCCc2cccnc2)c2c1CN(C(=O)c1ccc[nH]1)CC2. The lowest BCUT2D eigenvalue weighted by Crippen LogP contribution is -2.37. The quantitative estimate of drug-likeness (QED) is 0.683. The summed E-state index contributed by atoms with van der Waals surface area (Å²) >= 11 is 0. The van der Waals surface area contributed by atoms with Gasteiger partial charge in [0.15, 0.2) is 5.69 Å². The van der Waals surface area contributed by atoms with Gasteiger partial charge in [0.2, 0.25) is 0 Å². The molecule has 0 fully saturated rings. The molecular formula is C20H21N5O3. The molecule has 0 atom stereocenters. The van der Waals surface area contributed by atoms with Crippen LogP contribution in [0.5, 0.6) is 0 Å². The van der Waals surface area contributed by atoms with Crippen molar-refractivity contribution in [1.82, 2.24) is 24.6 Å². The molecule has 3 aromatic rings. The zero-order chi connectivity index (χ0) is 19.5. The summed E-state index contributed by atoms with van der Waals surface area (Å²) in [5, 5.41) is 13.9. The number of H-pyrrole nitrogens is 1. The van der Waals surface area contributed by atoms with Crippen molar-refractivity contribution in [2.24, 2.45) is 0 Å². The fraction of sp³-hybridized carbons (Fsp3) is 0.300. The van der Waals surface area contributed by atoms with Gasteiger partial charge in [0.25, 0.3) is 5.91 Å². The van der Waals surface area contributed by atoms with Crippen LogP contribution in [-0.2, 0) is 25.9 Å². The molecule has 4 rings (SSSR count). The van der Waals surface area contributed by atoms with Crippen molar-refractivity contribution < 1.29 is 14.7 Å². The van der Waals surface area contributed by atoms with E-state index in [4.69, 9.17) is 0 Å². The molecule has 28 heavy (non-hydrogen) atoms. The Morgan fingerprint density at radius 1 is 1.25 bits per heavy atom. The lowest BCUT2D eigenvalue weighted by molar-refractivity contribution is 0.0673. The normalized spacial score (nSPS) is 13.4. The summed E-state index contributed by atoms with van der Waals surface area (Å²) < 4.78 is 1.80. The molecule has 0 bridgehead atoms. The number of pyridine rings is 1. The summed E-state index contributed by atoms with van der Waals surface area (Å²) in [6, 6.07) is 7.42. The van der Waals surface area contributed by atoms with Gasteiger partial charge in [-0.15, -0.1) is 0 Å². The van der Waals surface area contributed by atoms with E-state index < -0.39 is 5.97 Å². The number of carbonyl (C=O) groups is 2. The molecule has 1 aliphatic heterocycles. The highest BCUT2D eigenvalue weighted by Crippen LogP contribution is 2.24. The highest BCUT2D eigenvalue weighted by molar-refractivity contribution is 5.93. The number of amides is 1. The fourth-order valence-electron chi connectivity index (χ4n) is 3.63. The van der Waals surface area contributed by atoms with Crippen molar-refractivity contribution >= 4 is 11.9 Å². The van der Waals surface area contributed by atoms with Gasteiger partial charge in [-0.3, -0.25) is 14.5 Å². The maximum absolute atomic E-state index is 12.6. The number of nitrogens with zero attached hydrogens (tertiary/aromatic N) is 4. The number of carbonyl (C=O) groups excluding carboxylic acids is 1. The summed E-state index contributed by atoms with van der Waals surface area (Å²) in [7, 11) is 0. The number of aromatic amines is 1. The van der Waals surface area contributed by atoms with Gasteiger partial charge in [-0.2, -0.15) is 5.10 Å². The Balaban J connectivity index is 1.51. The van der Waals surface area contributed by atoms with Crippen LogP contribution in [-0.4, -0.2) is 48.2 Å². The largest absolute Gasteiger partial charge is 0.476 e. The Bertz CT molecular complexity index is 979. The molecule has 2 N–H and O–H groups in total. The molecule has 0 spiro atoms. The van der Waals surface area contributed by atoms with Crippen LogP contribution >= 0.6 is 0 Å². The Labute approximate surface area is 161 Å². The van der Waals surface area contributed by atoms with Gasteiger partial charge >= 0.3 is 5.97 Å². The van der Waals surface area contributed by atoms with Crippen LogP contribution in [0.15, 0.2) is 42.9 Å². The molecule has 3 aromatic heterocycles. The molecule has 1 amide bonds. The standard InChI is InChI=1S/C20H21N5O3/c26-19(16-6-2-9-22-16)24-11-7-17-15(13-24)18(20(27)28)23-25(17)10-3-5-14-4-1-8-21-12-14/h1-2,4,6,8-9,12,22H,3,5,7,10-11,13H2,(H,27,28). The predicted molar refractivity (Wildman–Crippen MR) is 101 cm³/mol. The van der Waals surface area contributed by atoms with Crippen molar-refractivity contribution in [3.63, 3.8) is 0 Å². The summed E-state index contributed by atoms with van der Waals surface area (Å²) in [6.45, 7) is 1.44. The van der Waals surface area contributed by atoms with Crippen molar-refractivity contribution in [2.45, 2.75) is 32.4 Å². The number of rotatable bonds is 6. The van der Waals surface area contributed by atoms with Crippen molar-refractivity contribution in [1.29, 1.82) is 0 Å². The lowest BCUT2D eigenvalue weighted by Gasteiger charge is -2.27. The second-order valence-corrected chi connectivity index (χ2v) is 6.83. The van der Waals surface area contributed by atoms with E-state index >= 15 is 0 Å². The van der Waals surface area contributed by atoms with Gasteiger partial charge in [-0.25, -0.2) is 4.79 Å². The van der Waals surface area contributed by atoms with Crippen LogP contribution < -0.4 is 0 Å². The van der Waals surface area contributed by atoms with E-state index in [1.165, 1.54) is 0 Å². The van der Waals surface area contributed by atoms with E-state index in [0.717, 1.165) is 24.1 Å². The summed E-state index contributed by atoms with van der Waals surface area (Å²) in [5.41, 5.74) is 3.24. The summed E-state index contributed by atoms with van der Waals surface area (Å²) in [4.78, 5) is 33.0. The molecule has 0 unspecified atom stereocenters. The minimum atomic E-state index is -1.06. The van der Waals surface area contributed by atoms with Gasteiger partial charge < -0.3 is 15.0 Å². The van der Waals surface area contributed by atoms with Gasteiger partial charge in [0, 0.05) is 49.4 Å².